The SMILES string of the molecule is CCCN(CCC)C(=O)c1ccc(C)c(NS(=O)(=O)c2c(C)cc(C)cc2C)c1. The molecule has 1 amide bonds. The number of sulfonamides is 1. The van der Waals surface area contributed by atoms with Gasteiger partial charge in [-0.3, -0.25) is 9.52 Å². The maximum atomic E-state index is 13.1. The molecule has 2 rings (SSSR count). The summed E-state index contributed by atoms with van der Waals surface area (Å²) in [6.45, 7) is 12.8. The van der Waals surface area contributed by atoms with Crippen LogP contribution in [-0.4, -0.2) is 32.3 Å². The molecule has 0 fully saturated rings. The van der Waals surface area contributed by atoms with Crippen LogP contribution in [0.5, 0.6) is 0 Å². The van der Waals surface area contributed by atoms with Crippen molar-refractivity contribution in [2.75, 3.05) is 17.8 Å². The van der Waals surface area contributed by atoms with Crippen LogP contribution in [0.3, 0.4) is 0 Å². The zero-order valence-corrected chi connectivity index (χ0v) is 19.1. The van der Waals surface area contributed by atoms with Crippen LogP contribution in [0, 0.1) is 27.7 Å². The molecule has 158 valence electrons. The predicted octanol–water partition coefficient (Wildman–Crippen LogP) is 4.98. The number of nitrogens with one attached hydrogen (secondary N) is 1. The molecule has 0 aliphatic carbocycles. The quantitative estimate of drug-likeness (QED) is 0.660. The molecule has 0 radical (unpaired) electrons. The van der Waals surface area contributed by atoms with E-state index in [1.807, 2.05) is 44.7 Å². The number of carbonyl (C=O) groups excluding carboxylic acids is 1. The highest BCUT2D eigenvalue weighted by atomic mass is 32.2. The highest BCUT2D eigenvalue weighted by molar-refractivity contribution is 7.92. The molecule has 0 saturated carbocycles. The van der Waals surface area contributed by atoms with E-state index in [1.165, 1.54) is 0 Å². The number of amides is 1. The summed E-state index contributed by atoms with van der Waals surface area (Å²) >= 11 is 0. The first-order valence-corrected chi connectivity index (χ1v) is 11.6. The molecule has 0 bridgehead atoms. The lowest BCUT2D eigenvalue weighted by atomic mass is 10.1. The van der Waals surface area contributed by atoms with Gasteiger partial charge in [-0.25, -0.2) is 8.42 Å². The van der Waals surface area contributed by atoms with E-state index in [-0.39, 0.29) is 10.8 Å². The summed E-state index contributed by atoms with van der Waals surface area (Å²) in [5.74, 6) is -0.0724. The minimum atomic E-state index is -3.77. The maximum Gasteiger partial charge on any atom is 0.262 e. The van der Waals surface area contributed by atoms with Gasteiger partial charge in [0.2, 0.25) is 0 Å². The molecule has 29 heavy (non-hydrogen) atoms. The summed E-state index contributed by atoms with van der Waals surface area (Å²) in [6, 6.07) is 8.92. The zero-order chi connectivity index (χ0) is 21.8. The summed E-state index contributed by atoms with van der Waals surface area (Å²) in [5.41, 5.74) is 4.13. The third-order valence-electron chi connectivity index (χ3n) is 4.88. The molecule has 2 aromatic rings. The van der Waals surface area contributed by atoms with Crippen molar-refractivity contribution in [3.8, 4) is 0 Å². The molecule has 0 saturated heterocycles. The molecule has 6 heteroatoms. The lowest BCUT2D eigenvalue weighted by Gasteiger charge is -2.22. The molecule has 0 aliphatic rings. The number of hydrogen-bond donors (Lipinski definition) is 1. The minimum absolute atomic E-state index is 0.0724. The summed E-state index contributed by atoms with van der Waals surface area (Å²) in [6.07, 6.45) is 1.76. The van der Waals surface area contributed by atoms with Crippen LogP contribution in [0.1, 0.15) is 59.3 Å². The molecular formula is C23H32N2O3S. The second kappa shape index (κ2) is 9.44. The number of benzene rings is 2. The van der Waals surface area contributed by atoms with E-state index in [0.29, 0.717) is 35.5 Å². The van der Waals surface area contributed by atoms with E-state index in [2.05, 4.69) is 4.72 Å². The molecule has 0 heterocycles. The Morgan fingerprint density at radius 3 is 1.97 bits per heavy atom. The van der Waals surface area contributed by atoms with Crippen molar-refractivity contribution < 1.29 is 13.2 Å². The van der Waals surface area contributed by atoms with Crippen LogP contribution in [0.2, 0.25) is 0 Å². The molecular weight excluding hydrogens is 384 g/mol. The van der Waals surface area contributed by atoms with Crippen molar-refractivity contribution >= 4 is 21.6 Å². The molecule has 2 aromatic carbocycles. The lowest BCUT2D eigenvalue weighted by molar-refractivity contribution is 0.0755. The molecule has 0 unspecified atom stereocenters. The van der Waals surface area contributed by atoms with Crippen molar-refractivity contribution in [2.24, 2.45) is 0 Å². The van der Waals surface area contributed by atoms with E-state index < -0.39 is 10.0 Å². The van der Waals surface area contributed by atoms with Gasteiger partial charge < -0.3 is 4.90 Å². The highest BCUT2D eigenvalue weighted by Crippen LogP contribution is 2.26. The van der Waals surface area contributed by atoms with Crippen LogP contribution in [-0.2, 0) is 10.0 Å². The van der Waals surface area contributed by atoms with Gasteiger partial charge in [0, 0.05) is 18.7 Å². The second-order valence-corrected chi connectivity index (χ2v) is 9.27. The van der Waals surface area contributed by atoms with Gasteiger partial charge in [0.1, 0.15) is 0 Å². The number of nitrogens with zero attached hydrogens (tertiary/aromatic N) is 1. The van der Waals surface area contributed by atoms with Gasteiger partial charge in [0.15, 0.2) is 0 Å². The molecule has 5 nitrogen and oxygen atoms in total. The number of carbonyl (C=O) groups is 1. The Kier molecular flexibility index (Phi) is 7.47. The van der Waals surface area contributed by atoms with Crippen LogP contribution in [0.25, 0.3) is 0 Å². The average Bonchev–Trinajstić information content (AvgIpc) is 2.61. The average molecular weight is 417 g/mol. The Balaban J connectivity index is 2.41. The minimum Gasteiger partial charge on any atom is -0.339 e. The fourth-order valence-corrected chi connectivity index (χ4v) is 5.27. The Morgan fingerprint density at radius 2 is 1.45 bits per heavy atom. The fraction of sp³-hybridized carbons (Fsp3) is 0.435. The molecule has 0 aliphatic heterocycles. The van der Waals surface area contributed by atoms with Gasteiger partial charge in [-0.05, 0) is 69.4 Å². The normalized spacial score (nSPS) is 11.4. The van der Waals surface area contributed by atoms with Gasteiger partial charge in [-0.1, -0.05) is 37.6 Å². The van der Waals surface area contributed by atoms with Gasteiger partial charge in [0.05, 0.1) is 10.6 Å². The third-order valence-corrected chi connectivity index (χ3v) is 6.55. The van der Waals surface area contributed by atoms with Gasteiger partial charge in [0.25, 0.3) is 15.9 Å². The largest absolute Gasteiger partial charge is 0.339 e. The Labute approximate surface area is 175 Å². The van der Waals surface area contributed by atoms with E-state index >= 15 is 0 Å². The number of anilines is 1. The number of rotatable bonds is 8. The highest BCUT2D eigenvalue weighted by Gasteiger charge is 2.22. The molecule has 0 aromatic heterocycles. The van der Waals surface area contributed by atoms with E-state index in [0.717, 1.165) is 24.0 Å². The summed E-state index contributed by atoms with van der Waals surface area (Å²) in [4.78, 5) is 15.0. The van der Waals surface area contributed by atoms with Crippen molar-refractivity contribution in [2.45, 2.75) is 59.3 Å². The Hall–Kier alpha value is -2.34. The molecule has 0 spiro atoms. The van der Waals surface area contributed by atoms with Crippen LogP contribution in [0.4, 0.5) is 5.69 Å². The molecule has 1 N–H and O–H groups in total. The Morgan fingerprint density at radius 1 is 0.897 bits per heavy atom. The lowest BCUT2D eigenvalue weighted by Crippen LogP contribution is -2.32. The van der Waals surface area contributed by atoms with E-state index in [4.69, 9.17) is 0 Å². The van der Waals surface area contributed by atoms with Gasteiger partial charge in [-0.2, -0.15) is 0 Å². The van der Waals surface area contributed by atoms with Crippen molar-refractivity contribution in [1.29, 1.82) is 0 Å². The third kappa shape index (κ3) is 5.38. The van der Waals surface area contributed by atoms with Gasteiger partial charge >= 0.3 is 0 Å². The first kappa shape index (κ1) is 22.9. The van der Waals surface area contributed by atoms with E-state index in [1.54, 1.807) is 32.0 Å². The zero-order valence-electron chi connectivity index (χ0n) is 18.3. The number of aryl methyl sites for hydroxylation is 4. The van der Waals surface area contributed by atoms with Crippen LogP contribution in [0.15, 0.2) is 35.2 Å². The van der Waals surface area contributed by atoms with Crippen molar-refractivity contribution in [3.05, 3.63) is 58.1 Å². The first-order valence-electron chi connectivity index (χ1n) is 10.1. The van der Waals surface area contributed by atoms with Crippen molar-refractivity contribution in [1.82, 2.24) is 4.90 Å². The Bertz CT molecular complexity index is 968. The standard InChI is InChI=1S/C23H32N2O3S/c1-7-11-25(12-8-2)23(26)20-10-9-17(4)21(15-20)24-29(27,28)22-18(5)13-16(3)14-19(22)6/h9-10,13-15,24H,7-8,11-12H2,1-6H3. The second-order valence-electron chi connectivity index (χ2n) is 7.66. The maximum absolute atomic E-state index is 13.1. The fourth-order valence-electron chi connectivity index (χ4n) is 3.69. The van der Waals surface area contributed by atoms with E-state index in [9.17, 15) is 13.2 Å². The topological polar surface area (TPSA) is 66.5 Å². The summed E-state index contributed by atoms with van der Waals surface area (Å²) < 4.78 is 28.9. The van der Waals surface area contributed by atoms with Crippen molar-refractivity contribution in [3.63, 3.8) is 0 Å². The first-order chi connectivity index (χ1) is 13.6. The van der Waals surface area contributed by atoms with Crippen LogP contribution >= 0.6 is 0 Å². The number of hydrogen-bond acceptors (Lipinski definition) is 3. The van der Waals surface area contributed by atoms with Crippen LogP contribution < -0.4 is 4.72 Å². The van der Waals surface area contributed by atoms with Gasteiger partial charge in [-0.15, -0.1) is 0 Å². The predicted molar refractivity (Wildman–Crippen MR) is 119 cm³/mol. The monoisotopic (exact) mass is 416 g/mol. The smallest absolute Gasteiger partial charge is 0.262 e. The summed E-state index contributed by atoms with van der Waals surface area (Å²) in [5, 5.41) is 0. The molecule has 0 atom stereocenters. The summed E-state index contributed by atoms with van der Waals surface area (Å²) in [7, 11) is -3.77.